The minimum absolute atomic E-state index is 0.310. The first-order valence-corrected chi connectivity index (χ1v) is 7.07. The summed E-state index contributed by atoms with van der Waals surface area (Å²) in [7, 11) is 0. The van der Waals surface area contributed by atoms with Crippen LogP contribution in [0.25, 0.3) is 0 Å². The molecule has 2 rings (SSSR count). The highest BCUT2D eigenvalue weighted by molar-refractivity contribution is 4.93. The Bertz CT molecular complexity index is 366. The largest absolute Gasteiger partial charge is 0.381 e. The Morgan fingerprint density at radius 1 is 1.42 bits per heavy atom. The van der Waals surface area contributed by atoms with Crippen LogP contribution in [0.1, 0.15) is 50.4 Å². The molecule has 108 valence electrons. The normalized spacial score (nSPS) is 17.4. The number of aromatic nitrogens is 2. The van der Waals surface area contributed by atoms with E-state index in [1.807, 2.05) is 0 Å². The maximum atomic E-state index is 5.97. The van der Waals surface area contributed by atoms with E-state index in [4.69, 9.17) is 19.7 Å². The zero-order chi connectivity index (χ0) is 13.5. The van der Waals surface area contributed by atoms with E-state index in [0.29, 0.717) is 37.5 Å². The van der Waals surface area contributed by atoms with Crippen molar-refractivity contribution in [2.45, 2.75) is 51.2 Å². The van der Waals surface area contributed by atoms with Crippen molar-refractivity contribution in [2.24, 2.45) is 5.73 Å². The van der Waals surface area contributed by atoms with Crippen LogP contribution in [0.15, 0.2) is 4.52 Å². The smallest absolute Gasteiger partial charge is 0.229 e. The Morgan fingerprint density at radius 3 is 2.95 bits per heavy atom. The molecule has 1 saturated carbocycles. The van der Waals surface area contributed by atoms with E-state index in [2.05, 4.69) is 17.1 Å². The van der Waals surface area contributed by atoms with E-state index in [-0.39, 0.29) is 6.04 Å². The first-order chi connectivity index (χ1) is 9.29. The van der Waals surface area contributed by atoms with Crippen LogP contribution >= 0.6 is 0 Å². The molecule has 1 aliphatic carbocycles. The molecule has 1 aromatic rings. The van der Waals surface area contributed by atoms with E-state index in [1.165, 1.54) is 6.42 Å². The predicted molar refractivity (Wildman–Crippen MR) is 69.6 cm³/mol. The molecule has 1 heterocycles. The second kappa shape index (κ2) is 7.57. The SMILES string of the molecule is CCCOCCc1nc(C(N)COC2CCC2)no1. The van der Waals surface area contributed by atoms with Crippen molar-refractivity contribution in [1.82, 2.24) is 10.1 Å². The van der Waals surface area contributed by atoms with Gasteiger partial charge in [0, 0.05) is 6.61 Å². The van der Waals surface area contributed by atoms with Crippen LogP contribution in [-0.4, -0.2) is 36.1 Å². The van der Waals surface area contributed by atoms with Gasteiger partial charge in [0.15, 0.2) is 5.82 Å². The molecule has 1 unspecified atom stereocenters. The maximum absolute atomic E-state index is 5.97. The molecule has 0 bridgehead atoms. The Labute approximate surface area is 113 Å². The van der Waals surface area contributed by atoms with Crippen LogP contribution in [-0.2, 0) is 15.9 Å². The minimum atomic E-state index is -0.310. The standard InChI is InChI=1S/C13H23N3O3/c1-2-7-17-8-6-12-15-13(16-19-12)11(14)9-18-10-4-3-5-10/h10-11H,2-9,14H2,1H3. The van der Waals surface area contributed by atoms with Crippen molar-refractivity contribution in [3.05, 3.63) is 11.7 Å². The lowest BCUT2D eigenvalue weighted by molar-refractivity contribution is -0.00549. The molecule has 6 heteroatoms. The van der Waals surface area contributed by atoms with Crippen molar-refractivity contribution >= 4 is 0 Å². The first kappa shape index (κ1) is 14.4. The summed E-state index contributed by atoms with van der Waals surface area (Å²) in [5.74, 6) is 1.09. The van der Waals surface area contributed by atoms with Gasteiger partial charge < -0.3 is 19.7 Å². The number of ether oxygens (including phenoxy) is 2. The van der Waals surface area contributed by atoms with Crippen LogP contribution in [0.2, 0.25) is 0 Å². The molecule has 1 aliphatic rings. The van der Waals surface area contributed by atoms with Crippen LogP contribution in [0.5, 0.6) is 0 Å². The highest BCUT2D eigenvalue weighted by Crippen LogP contribution is 2.22. The quantitative estimate of drug-likeness (QED) is 0.686. The van der Waals surface area contributed by atoms with Crippen molar-refractivity contribution in [1.29, 1.82) is 0 Å². The number of hydrogen-bond donors (Lipinski definition) is 1. The molecular weight excluding hydrogens is 246 g/mol. The van der Waals surface area contributed by atoms with Gasteiger partial charge in [0.25, 0.3) is 0 Å². The van der Waals surface area contributed by atoms with Gasteiger partial charge in [-0.05, 0) is 25.7 Å². The van der Waals surface area contributed by atoms with Gasteiger partial charge in [0.05, 0.1) is 31.8 Å². The summed E-state index contributed by atoms with van der Waals surface area (Å²) in [5.41, 5.74) is 5.97. The van der Waals surface area contributed by atoms with Crippen molar-refractivity contribution in [3.8, 4) is 0 Å². The molecule has 0 saturated heterocycles. The molecule has 0 aromatic carbocycles. The van der Waals surface area contributed by atoms with E-state index in [1.54, 1.807) is 0 Å². The average Bonchev–Trinajstić information content (AvgIpc) is 2.81. The molecule has 0 amide bonds. The zero-order valence-corrected chi connectivity index (χ0v) is 11.5. The summed E-state index contributed by atoms with van der Waals surface area (Å²) < 4.78 is 16.2. The van der Waals surface area contributed by atoms with Crippen LogP contribution in [0, 0.1) is 0 Å². The summed E-state index contributed by atoms with van der Waals surface area (Å²) in [4.78, 5) is 4.27. The second-order valence-corrected chi connectivity index (χ2v) is 4.90. The lowest BCUT2D eigenvalue weighted by Crippen LogP contribution is -2.27. The summed E-state index contributed by atoms with van der Waals surface area (Å²) in [6.45, 7) is 3.89. The second-order valence-electron chi connectivity index (χ2n) is 4.90. The lowest BCUT2D eigenvalue weighted by Gasteiger charge is -2.26. The molecule has 1 aromatic heterocycles. The molecule has 0 aliphatic heterocycles. The number of nitrogens with zero attached hydrogens (tertiary/aromatic N) is 2. The number of hydrogen-bond acceptors (Lipinski definition) is 6. The predicted octanol–water partition coefficient (Wildman–Crippen LogP) is 1.61. The summed E-state index contributed by atoms with van der Waals surface area (Å²) in [5, 5.41) is 3.89. The number of nitrogens with two attached hydrogens (primary N) is 1. The highest BCUT2D eigenvalue weighted by Gasteiger charge is 2.21. The molecule has 6 nitrogen and oxygen atoms in total. The van der Waals surface area contributed by atoms with Crippen molar-refractivity contribution < 1.29 is 14.0 Å². The molecule has 1 fully saturated rings. The monoisotopic (exact) mass is 269 g/mol. The van der Waals surface area contributed by atoms with Gasteiger partial charge in [-0.15, -0.1) is 0 Å². The van der Waals surface area contributed by atoms with E-state index >= 15 is 0 Å². The van der Waals surface area contributed by atoms with Gasteiger partial charge in [-0.3, -0.25) is 0 Å². The van der Waals surface area contributed by atoms with Gasteiger partial charge in [0.1, 0.15) is 0 Å². The molecular formula is C13H23N3O3. The Hall–Kier alpha value is -0.980. The first-order valence-electron chi connectivity index (χ1n) is 7.07. The Morgan fingerprint density at radius 2 is 2.26 bits per heavy atom. The van der Waals surface area contributed by atoms with Crippen LogP contribution in [0.4, 0.5) is 0 Å². The maximum Gasteiger partial charge on any atom is 0.229 e. The van der Waals surface area contributed by atoms with E-state index in [9.17, 15) is 0 Å². The van der Waals surface area contributed by atoms with Gasteiger partial charge in [-0.25, -0.2) is 0 Å². The molecule has 0 spiro atoms. The summed E-state index contributed by atoms with van der Waals surface area (Å²) in [6, 6.07) is -0.310. The zero-order valence-electron chi connectivity index (χ0n) is 11.5. The Kier molecular flexibility index (Phi) is 5.75. The fourth-order valence-corrected chi connectivity index (χ4v) is 1.78. The summed E-state index contributed by atoms with van der Waals surface area (Å²) in [6.07, 6.45) is 5.55. The minimum Gasteiger partial charge on any atom is -0.381 e. The third kappa shape index (κ3) is 4.56. The van der Waals surface area contributed by atoms with E-state index < -0.39 is 0 Å². The lowest BCUT2D eigenvalue weighted by atomic mass is 9.96. The van der Waals surface area contributed by atoms with Gasteiger partial charge in [-0.1, -0.05) is 12.1 Å². The molecule has 1 atom stereocenters. The molecule has 2 N–H and O–H groups in total. The van der Waals surface area contributed by atoms with Crippen molar-refractivity contribution in [3.63, 3.8) is 0 Å². The van der Waals surface area contributed by atoms with Gasteiger partial charge in [0.2, 0.25) is 5.89 Å². The fourth-order valence-electron chi connectivity index (χ4n) is 1.78. The highest BCUT2D eigenvalue weighted by atomic mass is 16.5. The van der Waals surface area contributed by atoms with Gasteiger partial charge in [-0.2, -0.15) is 4.98 Å². The third-order valence-corrected chi connectivity index (χ3v) is 3.19. The Balaban J connectivity index is 1.69. The topological polar surface area (TPSA) is 83.4 Å². The van der Waals surface area contributed by atoms with Crippen LogP contribution < -0.4 is 5.73 Å². The average molecular weight is 269 g/mol. The summed E-state index contributed by atoms with van der Waals surface area (Å²) >= 11 is 0. The fraction of sp³-hybridized carbons (Fsp3) is 0.846. The number of rotatable bonds is 9. The van der Waals surface area contributed by atoms with Crippen molar-refractivity contribution in [2.75, 3.05) is 19.8 Å². The van der Waals surface area contributed by atoms with Crippen LogP contribution in [0.3, 0.4) is 0 Å². The van der Waals surface area contributed by atoms with Gasteiger partial charge >= 0.3 is 0 Å². The molecule has 0 radical (unpaired) electrons. The molecule has 19 heavy (non-hydrogen) atoms. The third-order valence-electron chi connectivity index (χ3n) is 3.19. The van der Waals surface area contributed by atoms with E-state index in [0.717, 1.165) is 25.9 Å².